The Hall–Kier alpha value is -2.01. The summed E-state index contributed by atoms with van der Waals surface area (Å²) in [5.41, 5.74) is 1.91. The second-order valence-corrected chi connectivity index (χ2v) is 10.3. The lowest BCUT2D eigenvalue weighted by atomic mass is 10.1. The van der Waals surface area contributed by atoms with Crippen molar-refractivity contribution in [1.29, 1.82) is 0 Å². The Kier molecular flexibility index (Phi) is 4.85. The number of benzene rings is 1. The van der Waals surface area contributed by atoms with E-state index in [2.05, 4.69) is 47.6 Å². The lowest BCUT2D eigenvalue weighted by molar-refractivity contribution is 0.543. The van der Waals surface area contributed by atoms with Crippen molar-refractivity contribution in [3.63, 3.8) is 0 Å². The van der Waals surface area contributed by atoms with Crippen LogP contribution in [-0.4, -0.2) is 24.5 Å². The van der Waals surface area contributed by atoms with Crippen LogP contribution in [0.5, 0.6) is 5.75 Å². The monoisotopic (exact) mass is 299 g/mol. The molecule has 0 radical (unpaired) electrons. The highest BCUT2D eigenvalue weighted by atomic mass is 28.4. The van der Waals surface area contributed by atoms with Crippen molar-refractivity contribution >= 4 is 14.5 Å². The maximum Gasteiger partial charge on any atom is 0.242 e. The number of nitrogens with zero attached hydrogens (tertiary/aromatic N) is 3. The first-order chi connectivity index (χ1) is 9.96. The zero-order valence-electron chi connectivity index (χ0n) is 12.9. The molecule has 0 aliphatic heterocycles. The fourth-order valence-electron chi connectivity index (χ4n) is 1.89. The van der Waals surface area contributed by atoms with Crippen LogP contribution in [0.25, 0.3) is 0 Å². The molecule has 1 heterocycles. The summed E-state index contributed by atoms with van der Waals surface area (Å²) < 4.78 is 6.15. The van der Waals surface area contributed by atoms with Crippen molar-refractivity contribution in [2.75, 3.05) is 0 Å². The molecule has 1 atom stereocenters. The van der Waals surface area contributed by atoms with Crippen LogP contribution in [0, 0.1) is 0 Å². The summed E-state index contributed by atoms with van der Waals surface area (Å²) in [7, 11) is -1.63. The van der Waals surface area contributed by atoms with Gasteiger partial charge in [-0.1, -0.05) is 18.2 Å². The summed E-state index contributed by atoms with van der Waals surface area (Å²) in [4.78, 5) is 12.6. The smallest absolute Gasteiger partial charge is 0.242 e. The van der Waals surface area contributed by atoms with Crippen LogP contribution >= 0.6 is 0 Å². The molecule has 0 saturated carbocycles. The van der Waals surface area contributed by atoms with Crippen LogP contribution in [0.3, 0.4) is 0 Å². The maximum atomic E-state index is 6.15. The fourth-order valence-corrected chi connectivity index (χ4v) is 2.74. The second kappa shape index (κ2) is 6.63. The third-order valence-electron chi connectivity index (χ3n) is 2.82. The molecule has 2 rings (SSSR count). The van der Waals surface area contributed by atoms with Crippen LogP contribution < -0.4 is 4.43 Å². The van der Waals surface area contributed by atoms with Gasteiger partial charge in [0.2, 0.25) is 8.32 Å². The molecule has 1 aromatic carbocycles. The Labute approximate surface area is 127 Å². The minimum absolute atomic E-state index is 0.0208. The molecule has 5 heteroatoms. The summed E-state index contributed by atoms with van der Waals surface area (Å²) >= 11 is 0. The van der Waals surface area contributed by atoms with Gasteiger partial charge in [-0.2, -0.15) is 0 Å². The lowest BCUT2D eigenvalue weighted by Crippen LogP contribution is -2.29. The molecule has 0 aliphatic carbocycles. The molecule has 0 saturated heterocycles. The molecule has 0 N–H and O–H groups in total. The zero-order chi connectivity index (χ0) is 15.3. The van der Waals surface area contributed by atoms with Crippen LogP contribution in [0.2, 0.25) is 19.6 Å². The van der Waals surface area contributed by atoms with Gasteiger partial charge in [0.05, 0.1) is 11.7 Å². The number of rotatable bonds is 5. The van der Waals surface area contributed by atoms with Gasteiger partial charge in [0.15, 0.2) is 0 Å². The van der Waals surface area contributed by atoms with Gasteiger partial charge < -0.3 is 4.43 Å². The molecule has 0 spiro atoms. The Bertz CT molecular complexity index is 608. The van der Waals surface area contributed by atoms with E-state index in [1.807, 2.05) is 24.3 Å². The van der Waals surface area contributed by atoms with Crippen molar-refractivity contribution in [3.8, 4) is 5.75 Å². The first kappa shape index (κ1) is 15.4. The number of hydrogen-bond acceptors (Lipinski definition) is 4. The van der Waals surface area contributed by atoms with Crippen LogP contribution in [0.1, 0.15) is 24.2 Å². The van der Waals surface area contributed by atoms with Crippen molar-refractivity contribution in [3.05, 3.63) is 54.1 Å². The number of hydrogen-bond donors (Lipinski definition) is 0. The largest absolute Gasteiger partial charge is 0.544 e. The van der Waals surface area contributed by atoms with Crippen molar-refractivity contribution in [1.82, 2.24) is 9.97 Å². The highest BCUT2D eigenvalue weighted by molar-refractivity contribution is 6.70. The van der Waals surface area contributed by atoms with Crippen LogP contribution in [0.15, 0.2) is 47.8 Å². The third kappa shape index (κ3) is 4.79. The molecule has 21 heavy (non-hydrogen) atoms. The number of aromatic nitrogens is 2. The van der Waals surface area contributed by atoms with Crippen LogP contribution in [-0.2, 0) is 0 Å². The molecule has 0 fully saturated rings. The Balaban J connectivity index is 2.19. The normalized spacial score (nSPS) is 13.3. The molecule has 4 nitrogen and oxygen atoms in total. The van der Waals surface area contributed by atoms with Gasteiger partial charge >= 0.3 is 0 Å². The maximum absolute atomic E-state index is 6.15. The van der Waals surface area contributed by atoms with Gasteiger partial charge in [0, 0.05) is 18.0 Å². The molecule has 110 valence electrons. The van der Waals surface area contributed by atoms with E-state index in [4.69, 9.17) is 4.43 Å². The van der Waals surface area contributed by atoms with Crippen molar-refractivity contribution < 1.29 is 4.43 Å². The van der Waals surface area contributed by atoms with E-state index in [0.29, 0.717) is 0 Å². The predicted octanol–water partition coefficient (Wildman–Crippen LogP) is 3.87. The van der Waals surface area contributed by atoms with Crippen LogP contribution in [0.4, 0.5) is 0 Å². The Morgan fingerprint density at radius 2 is 1.95 bits per heavy atom. The molecule has 1 unspecified atom stereocenters. The Morgan fingerprint density at radius 3 is 2.62 bits per heavy atom. The highest BCUT2D eigenvalue weighted by Crippen LogP contribution is 2.29. The first-order valence-corrected chi connectivity index (χ1v) is 10.4. The molecular weight excluding hydrogens is 278 g/mol. The van der Waals surface area contributed by atoms with Gasteiger partial charge in [0.25, 0.3) is 0 Å². The van der Waals surface area contributed by atoms with E-state index in [1.54, 1.807) is 12.4 Å². The van der Waals surface area contributed by atoms with Gasteiger partial charge in [-0.25, -0.2) is 9.97 Å². The molecule has 0 bridgehead atoms. The average molecular weight is 299 g/mol. The molecule has 1 aromatic heterocycles. The van der Waals surface area contributed by atoms with E-state index in [0.717, 1.165) is 17.0 Å². The third-order valence-corrected chi connectivity index (χ3v) is 3.65. The van der Waals surface area contributed by atoms with Gasteiger partial charge in [-0.3, -0.25) is 4.99 Å². The van der Waals surface area contributed by atoms with Crippen molar-refractivity contribution in [2.45, 2.75) is 32.6 Å². The quantitative estimate of drug-likeness (QED) is 0.622. The molecule has 0 aliphatic rings. The highest BCUT2D eigenvalue weighted by Gasteiger charge is 2.19. The van der Waals surface area contributed by atoms with Gasteiger partial charge in [0.1, 0.15) is 12.1 Å². The molecule has 2 aromatic rings. The summed E-state index contributed by atoms with van der Waals surface area (Å²) in [6.45, 7) is 8.60. The fraction of sp³-hybridized carbons (Fsp3) is 0.312. The minimum Gasteiger partial charge on any atom is -0.544 e. The van der Waals surface area contributed by atoms with E-state index in [-0.39, 0.29) is 6.04 Å². The molecule has 0 amide bonds. The first-order valence-electron chi connectivity index (χ1n) is 7.03. The van der Waals surface area contributed by atoms with Gasteiger partial charge in [-0.15, -0.1) is 0 Å². The standard InChI is InChI=1S/C16H21N3OSi/c1-13(18-11-14-9-10-17-12-19-14)15-7-5-6-8-16(15)20-21(2,3)4/h5-13H,1-4H3. The van der Waals surface area contributed by atoms with Crippen molar-refractivity contribution in [2.24, 2.45) is 4.99 Å². The van der Waals surface area contributed by atoms with E-state index in [1.165, 1.54) is 6.33 Å². The average Bonchev–Trinajstić information content (AvgIpc) is 2.45. The lowest BCUT2D eigenvalue weighted by Gasteiger charge is -2.22. The second-order valence-electron chi connectivity index (χ2n) is 5.84. The number of aliphatic imine (C=N–C) groups is 1. The zero-order valence-corrected chi connectivity index (χ0v) is 13.9. The van der Waals surface area contributed by atoms with E-state index >= 15 is 0 Å². The molecular formula is C16H21N3OSi. The predicted molar refractivity (Wildman–Crippen MR) is 88.5 cm³/mol. The summed E-state index contributed by atoms with van der Waals surface area (Å²) in [6, 6.07) is 9.96. The Morgan fingerprint density at radius 1 is 1.19 bits per heavy atom. The number of para-hydroxylation sites is 1. The summed E-state index contributed by atoms with van der Waals surface area (Å²) in [6.07, 6.45) is 5.01. The summed E-state index contributed by atoms with van der Waals surface area (Å²) in [5.74, 6) is 0.934. The van der Waals surface area contributed by atoms with Gasteiger partial charge in [-0.05, 0) is 38.7 Å². The SMILES string of the molecule is CC(N=Cc1ccncn1)c1ccccc1O[Si](C)(C)C. The minimum atomic E-state index is -1.63. The van der Waals surface area contributed by atoms with E-state index in [9.17, 15) is 0 Å². The van der Waals surface area contributed by atoms with E-state index < -0.39 is 8.32 Å². The summed E-state index contributed by atoms with van der Waals surface area (Å²) in [5, 5.41) is 0. The topological polar surface area (TPSA) is 47.4 Å².